The number of H-pyrrole nitrogens is 1. The van der Waals surface area contributed by atoms with Crippen LogP contribution in [0.5, 0.6) is 0 Å². The topological polar surface area (TPSA) is 88.5 Å². The highest BCUT2D eigenvalue weighted by Gasteiger charge is 2.22. The smallest absolute Gasteiger partial charge is 0.264 e. The number of aromatic amines is 1. The Morgan fingerprint density at radius 1 is 1.00 bits per heavy atom. The first kappa shape index (κ1) is 23.4. The van der Waals surface area contributed by atoms with Gasteiger partial charge >= 0.3 is 0 Å². The van der Waals surface area contributed by atoms with Gasteiger partial charge in [-0.25, -0.2) is 15.0 Å². The van der Waals surface area contributed by atoms with Gasteiger partial charge in [-0.05, 0) is 24.4 Å². The minimum absolute atomic E-state index is 0.141. The van der Waals surface area contributed by atoms with Crippen molar-refractivity contribution >= 4 is 106 Å². The number of benzene rings is 2. The van der Waals surface area contributed by atoms with Gasteiger partial charge in [0.15, 0.2) is 11.5 Å². The highest BCUT2D eigenvalue weighted by atomic mass is 35.5. The normalized spacial score (nSPS) is 12.3. The number of hydrogen-bond donors (Lipinski definition) is 2. The fraction of sp³-hybridized carbons (Fsp3) is 0.0909. The second-order valence-electron chi connectivity index (χ2n) is 9.08. The lowest BCUT2D eigenvalue weighted by molar-refractivity contribution is 0.777. The second-order valence-corrected chi connectivity index (χ2v) is 9.48. The SMILES string of the molecule is Bc1c(B)c(B)c(-n2c([C@H](C)Nc3ncnc4[nH]cnc34)cc3cccc(Cl)c3c2=O)c(B)c1B. The van der Waals surface area contributed by atoms with Crippen molar-refractivity contribution in [3.63, 3.8) is 0 Å². The molecule has 5 aromatic rings. The van der Waals surface area contributed by atoms with E-state index in [9.17, 15) is 4.79 Å². The standard InChI is InChI=1S/C22H22B5ClN6O/c1-8(33-21-18-20(30-6-29-18)31-7-32-21)11-5-9-3-2-4-10(28)12(9)22(35)34(11)19-16(26)14(24)13(23)15(25)17(19)27/h2-8H,23-27H2,1H3,(H2,29,30,31,32,33)/t8-/m0/s1. The number of fused-ring (bicyclic) bond motifs is 2. The minimum Gasteiger partial charge on any atom is -0.360 e. The van der Waals surface area contributed by atoms with Crippen LogP contribution in [0.3, 0.4) is 0 Å². The Morgan fingerprint density at radius 3 is 2.40 bits per heavy atom. The third-order valence-electron chi connectivity index (χ3n) is 7.22. The lowest BCUT2D eigenvalue weighted by Gasteiger charge is -2.27. The predicted molar refractivity (Wildman–Crippen MR) is 159 cm³/mol. The maximum atomic E-state index is 14.1. The molecule has 0 aliphatic rings. The van der Waals surface area contributed by atoms with Gasteiger partial charge in [-0.15, -0.1) is 5.46 Å². The Morgan fingerprint density at radius 2 is 1.69 bits per heavy atom. The van der Waals surface area contributed by atoms with Gasteiger partial charge in [-0.1, -0.05) is 45.6 Å². The number of aromatic nitrogens is 5. The second kappa shape index (κ2) is 8.68. The molecule has 3 heterocycles. The van der Waals surface area contributed by atoms with E-state index in [4.69, 9.17) is 11.6 Å². The molecule has 0 aliphatic carbocycles. The molecule has 7 nitrogen and oxygen atoms in total. The van der Waals surface area contributed by atoms with Gasteiger partial charge in [0.2, 0.25) is 0 Å². The van der Waals surface area contributed by atoms with Gasteiger partial charge < -0.3 is 10.3 Å². The van der Waals surface area contributed by atoms with Crippen molar-refractivity contribution in [1.82, 2.24) is 24.5 Å². The first-order chi connectivity index (χ1) is 16.7. The summed E-state index contributed by atoms with van der Waals surface area (Å²) in [5.74, 6) is 0.596. The summed E-state index contributed by atoms with van der Waals surface area (Å²) >= 11 is 6.55. The Hall–Kier alpha value is -3.39. The zero-order valence-electron chi connectivity index (χ0n) is 20.6. The van der Waals surface area contributed by atoms with Crippen molar-refractivity contribution in [3.8, 4) is 5.69 Å². The number of rotatable bonds is 4. The Balaban J connectivity index is 1.81. The van der Waals surface area contributed by atoms with Crippen LogP contribution in [0, 0.1) is 0 Å². The monoisotopic (exact) mass is 476 g/mol. The molecule has 0 spiro atoms. The van der Waals surface area contributed by atoms with Gasteiger partial charge in [0.25, 0.3) is 5.56 Å². The molecule has 0 saturated heterocycles. The summed E-state index contributed by atoms with van der Waals surface area (Å²) in [6, 6.07) is 7.31. The third-order valence-corrected chi connectivity index (χ3v) is 7.54. The third kappa shape index (κ3) is 3.67. The summed E-state index contributed by atoms with van der Waals surface area (Å²) < 4.78 is 1.82. The van der Waals surface area contributed by atoms with Crippen molar-refractivity contribution in [2.45, 2.75) is 13.0 Å². The molecule has 0 aliphatic heterocycles. The van der Waals surface area contributed by atoms with Crippen LogP contribution < -0.4 is 38.2 Å². The van der Waals surface area contributed by atoms with Gasteiger partial charge in [-0.3, -0.25) is 9.36 Å². The highest BCUT2D eigenvalue weighted by molar-refractivity contribution is 6.68. The molecule has 3 aromatic heterocycles. The van der Waals surface area contributed by atoms with Crippen LogP contribution in [0.1, 0.15) is 18.7 Å². The molecule has 5 rings (SSSR count). The molecule has 0 radical (unpaired) electrons. The van der Waals surface area contributed by atoms with Crippen molar-refractivity contribution in [3.05, 3.63) is 58.0 Å². The van der Waals surface area contributed by atoms with Crippen LogP contribution in [0.25, 0.3) is 27.6 Å². The number of nitrogens with zero attached hydrogens (tertiary/aromatic N) is 4. The van der Waals surface area contributed by atoms with Gasteiger partial charge in [0, 0.05) is 11.4 Å². The Labute approximate surface area is 212 Å². The van der Waals surface area contributed by atoms with E-state index in [2.05, 4.69) is 64.5 Å². The van der Waals surface area contributed by atoms with Crippen molar-refractivity contribution in [2.24, 2.45) is 0 Å². The number of anilines is 1. The van der Waals surface area contributed by atoms with Crippen LogP contribution in [-0.4, -0.2) is 63.7 Å². The van der Waals surface area contributed by atoms with Gasteiger partial charge in [0.05, 0.1) is 22.8 Å². The lowest BCUT2D eigenvalue weighted by atomic mass is 9.61. The van der Waals surface area contributed by atoms with Crippen LogP contribution in [0.2, 0.25) is 5.02 Å². The summed E-state index contributed by atoms with van der Waals surface area (Å²) in [5.41, 5.74) is 8.59. The molecule has 2 N–H and O–H groups in total. The predicted octanol–water partition coefficient (Wildman–Crippen LogP) is -4.22. The van der Waals surface area contributed by atoms with Crippen LogP contribution in [0.4, 0.5) is 5.82 Å². The van der Waals surface area contributed by atoms with E-state index < -0.39 is 0 Å². The number of pyridine rings is 1. The molecule has 13 heteroatoms. The van der Waals surface area contributed by atoms with Crippen LogP contribution in [0.15, 0.2) is 41.7 Å². The number of nitrogens with one attached hydrogen (secondary N) is 2. The molecule has 1 atom stereocenters. The van der Waals surface area contributed by atoms with Crippen molar-refractivity contribution in [1.29, 1.82) is 0 Å². The van der Waals surface area contributed by atoms with E-state index in [0.717, 1.165) is 27.7 Å². The fourth-order valence-electron chi connectivity index (χ4n) is 4.85. The van der Waals surface area contributed by atoms with E-state index in [1.165, 1.54) is 22.7 Å². The van der Waals surface area contributed by atoms with E-state index in [1.807, 2.05) is 29.7 Å². The van der Waals surface area contributed by atoms with E-state index in [-0.39, 0.29) is 11.6 Å². The lowest BCUT2D eigenvalue weighted by Crippen LogP contribution is -2.57. The average Bonchev–Trinajstić information content (AvgIpc) is 3.32. The van der Waals surface area contributed by atoms with Crippen molar-refractivity contribution < 1.29 is 0 Å². The maximum absolute atomic E-state index is 14.1. The van der Waals surface area contributed by atoms with E-state index in [1.54, 1.807) is 12.4 Å². The first-order valence-electron chi connectivity index (χ1n) is 11.5. The van der Waals surface area contributed by atoms with E-state index >= 15 is 0 Å². The molecule has 0 unspecified atom stereocenters. The van der Waals surface area contributed by atoms with Gasteiger partial charge in [-0.2, -0.15) is 0 Å². The fourth-order valence-corrected chi connectivity index (χ4v) is 5.12. The molecule has 0 amide bonds. The Kier molecular flexibility index (Phi) is 5.79. The first-order valence-corrected chi connectivity index (χ1v) is 11.9. The Bertz CT molecular complexity index is 1670. The zero-order valence-corrected chi connectivity index (χ0v) is 21.4. The summed E-state index contributed by atoms with van der Waals surface area (Å²) in [4.78, 5) is 30.1. The maximum Gasteiger partial charge on any atom is 0.264 e. The minimum atomic E-state index is -0.276. The molecule has 0 bridgehead atoms. The largest absolute Gasteiger partial charge is 0.360 e. The molecule has 0 saturated carbocycles. The molecule has 2 aromatic carbocycles. The van der Waals surface area contributed by atoms with Crippen molar-refractivity contribution in [2.75, 3.05) is 5.32 Å². The molecular weight excluding hydrogens is 454 g/mol. The van der Waals surface area contributed by atoms with Gasteiger partial charge in [0.1, 0.15) is 51.1 Å². The van der Waals surface area contributed by atoms with Crippen LogP contribution in [-0.2, 0) is 0 Å². The average molecular weight is 476 g/mol. The highest BCUT2D eigenvalue weighted by Crippen LogP contribution is 2.27. The molecule has 0 fully saturated rings. The van der Waals surface area contributed by atoms with Crippen LogP contribution >= 0.6 is 11.6 Å². The number of hydrogen-bond acceptors (Lipinski definition) is 5. The summed E-state index contributed by atoms with van der Waals surface area (Å²) in [6.07, 6.45) is 3.08. The molecule has 35 heavy (non-hydrogen) atoms. The quantitative estimate of drug-likeness (QED) is 0.257. The van der Waals surface area contributed by atoms with E-state index in [0.29, 0.717) is 27.4 Å². The molecule has 168 valence electrons. The summed E-state index contributed by atoms with van der Waals surface area (Å²) in [5, 5.41) is 5.21. The zero-order chi connectivity index (χ0) is 25.0. The summed E-state index contributed by atoms with van der Waals surface area (Å²) in [7, 11) is 10.5. The number of halogens is 1. The molecular formula is C22H22B5ClN6O. The summed E-state index contributed by atoms with van der Waals surface area (Å²) in [6.45, 7) is 2.01. The number of imidazole rings is 1.